The van der Waals surface area contributed by atoms with Gasteiger partial charge >= 0.3 is 0 Å². The molecular weight excluding hydrogens is 198 g/mol. The highest BCUT2D eigenvalue weighted by atomic mass is 32.1. The quantitative estimate of drug-likeness (QED) is 0.573. The van der Waals surface area contributed by atoms with E-state index < -0.39 is 0 Å². The van der Waals surface area contributed by atoms with Crippen LogP contribution >= 0.6 is 11.3 Å². The van der Waals surface area contributed by atoms with Gasteiger partial charge in [-0.15, -0.1) is 11.3 Å². The van der Waals surface area contributed by atoms with Gasteiger partial charge in [-0.25, -0.2) is 4.98 Å². The summed E-state index contributed by atoms with van der Waals surface area (Å²) in [4.78, 5) is 4.19. The van der Waals surface area contributed by atoms with Crippen molar-refractivity contribution in [3.05, 3.63) is 23.7 Å². The van der Waals surface area contributed by atoms with Crippen LogP contribution in [-0.2, 0) is 4.74 Å². The number of aromatic nitrogens is 1. The minimum atomic E-state index is 0.306. The minimum Gasteiger partial charge on any atom is -0.468 e. The summed E-state index contributed by atoms with van der Waals surface area (Å²) in [5, 5.41) is 0. The lowest BCUT2D eigenvalue weighted by molar-refractivity contribution is 0.0225. The maximum absolute atomic E-state index is 5.38. The van der Waals surface area contributed by atoms with Crippen molar-refractivity contribution in [2.75, 3.05) is 13.4 Å². The second-order valence-corrected chi connectivity index (χ2v) is 3.62. The van der Waals surface area contributed by atoms with Crippen LogP contribution in [0.3, 0.4) is 0 Å². The maximum Gasteiger partial charge on any atom is 0.189 e. The molecule has 1 heterocycles. The minimum absolute atomic E-state index is 0.306. The first-order valence-corrected chi connectivity index (χ1v) is 5.32. The van der Waals surface area contributed by atoms with Gasteiger partial charge < -0.3 is 9.47 Å². The standard InChI is InChI=1S/C10H11NO2S/c1-2-12-7-13-8-3-4-9-10(5-8)14-6-11-9/h3-6H,2,7H2,1H3. The molecule has 0 radical (unpaired) electrons. The van der Waals surface area contributed by atoms with Crippen LogP contribution in [0.4, 0.5) is 0 Å². The van der Waals surface area contributed by atoms with Crippen LogP contribution in [0, 0.1) is 0 Å². The van der Waals surface area contributed by atoms with Crippen molar-refractivity contribution >= 4 is 21.6 Å². The molecule has 0 fully saturated rings. The summed E-state index contributed by atoms with van der Waals surface area (Å²) in [6.07, 6.45) is 0. The molecular formula is C10H11NO2S. The summed E-state index contributed by atoms with van der Waals surface area (Å²) in [7, 11) is 0. The highest BCUT2D eigenvalue weighted by molar-refractivity contribution is 7.16. The van der Waals surface area contributed by atoms with Gasteiger partial charge in [-0.05, 0) is 25.1 Å². The Morgan fingerprint density at radius 3 is 3.21 bits per heavy atom. The lowest BCUT2D eigenvalue weighted by Gasteiger charge is -2.04. The summed E-state index contributed by atoms with van der Waals surface area (Å²) in [6.45, 7) is 2.92. The summed E-state index contributed by atoms with van der Waals surface area (Å²) in [5.74, 6) is 0.829. The van der Waals surface area contributed by atoms with Crippen LogP contribution < -0.4 is 4.74 Å². The fourth-order valence-electron chi connectivity index (χ4n) is 1.12. The second-order valence-electron chi connectivity index (χ2n) is 2.74. The molecule has 0 unspecified atom stereocenters. The van der Waals surface area contributed by atoms with Gasteiger partial charge in [0, 0.05) is 6.61 Å². The van der Waals surface area contributed by atoms with Crippen molar-refractivity contribution in [2.24, 2.45) is 0 Å². The number of fused-ring (bicyclic) bond motifs is 1. The molecule has 0 amide bonds. The number of hydrogen-bond donors (Lipinski definition) is 0. The molecule has 0 atom stereocenters. The van der Waals surface area contributed by atoms with Gasteiger partial charge in [0.15, 0.2) is 6.79 Å². The Bertz CT molecular complexity index is 413. The van der Waals surface area contributed by atoms with E-state index in [4.69, 9.17) is 9.47 Å². The molecule has 1 aromatic carbocycles. The third kappa shape index (κ3) is 2.02. The predicted octanol–water partition coefficient (Wildman–Crippen LogP) is 2.67. The molecule has 1 aromatic heterocycles. The van der Waals surface area contributed by atoms with E-state index in [-0.39, 0.29) is 0 Å². The van der Waals surface area contributed by atoms with Gasteiger partial charge in [-0.2, -0.15) is 0 Å². The van der Waals surface area contributed by atoms with Crippen LogP contribution in [0.5, 0.6) is 5.75 Å². The molecule has 0 bridgehead atoms. The van der Waals surface area contributed by atoms with Crippen LogP contribution in [-0.4, -0.2) is 18.4 Å². The number of rotatable bonds is 4. The van der Waals surface area contributed by atoms with Gasteiger partial charge in [-0.3, -0.25) is 0 Å². The van der Waals surface area contributed by atoms with Gasteiger partial charge in [-0.1, -0.05) is 0 Å². The zero-order chi connectivity index (χ0) is 9.80. The fourth-order valence-corrected chi connectivity index (χ4v) is 1.82. The van der Waals surface area contributed by atoms with Crippen molar-refractivity contribution in [3.8, 4) is 5.75 Å². The Kier molecular flexibility index (Phi) is 2.96. The zero-order valence-electron chi connectivity index (χ0n) is 7.90. The van der Waals surface area contributed by atoms with Gasteiger partial charge in [0.2, 0.25) is 0 Å². The number of hydrogen-bond acceptors (Lipinski definition) is 4. The molecule has 0 saturated carbocycles. The van der Waals surface area contributed by atoms with Gasteiger partial charge in [0.1, 0.15) is 5.75 Å². The van der Waals surface area contributed by atoms with Crippen LogP contribution in [0.2, 0.25) is 0 Å². The Balaban J connectivity index is 2.10. The van der Waals surface area contributed by atoms with Gasteiger partial charge in [0.05, 0.1) is 15.7 Å². The molecule has 0 aliphatic rings. The summed E-state index contributed by atoms with van der Waals surface area (Å²) in [6, 6.07) is 5.83. The Morgan fingerprint density at radius 1 is 1.43 bits per heavy atom. The van der Waals surface area contributed by atoms with E-state index in [1.165, 1.54) is 0 Å². The topological polar surface area (TPSA) is 31.4 Å². The molecule has 74 valence electrons. The molecule has 2 rings (SSSR count). The molecule has 0 N–H and O–H groups in total. The smallest absolute Gasteiger partial charge is 0.189 e. The summed E-state index contributed by atoms with van der Waals surface area (Å²) >= 11 is 1.61. The molecule has 2 aromatic rings. The molecule has 0 saturated heterocycles. The van der Waals surface area contributed by atoms with Crippen molar-refractivity contribution in [3.63, 3.8) is 0 Å². The number of ether oxygens (including phenoxy) is 2. The van der Waals surface area contributed by atoms with Crippen molar-refractivity contribution in [1.82, 2.24) is 4.98 Å². The van der Waals surface area contributed by atoms with E-state index in [2.05, 4.69) is 4.98 Å². The summed E-state index contributed by atoms with van der Waals surface area (Å²) in [5.41, 5.74) is 2.84. The molecule has 3 nitrogen and oxygen atoms in total. The third-order valence-electron chi connectivity index (χ3n) is 1.82. The van der Waals surface area contributed by atoms with E-state index in [9.17, 15) is 0 Å². The van der Waals surface area contributed by atoms with Crippen molar-refractivity contribution in [2.45, 2.75) is 6.92 Å². The first-order valence-electron chi connectivity index (χ1n) is 4.44. The van der Waals surface area contributed by atoms with E-state index >= 15 is 0 Å². The van der Waals surface area contributed by atoms with Crippen LogP contribution in [0.25, 0.3) is 10.2 Å². The SMILES string of the molecule is CCOCOc1ccc2ncsc2c1. The molecule has 14 heavy (non-hydrogen) atoms. The third-order valence-corrected chi connectivity index (χ3v) is 2.61. The number of thiazole rings is 1. The predicted molar refractivity (Wildman–Crippen MR) is 56.7 cm³/mol. The fraction of sp³-hybridized carbons (Fsp3) is 0.300. The Morgan fingerprint density at radius 2 is 2.36 bits per heavy atom. The normalized spacial score (nSPS) is 10.6. The first kappa shape index (κ1) is 9.43. The highest BCUT2D eigenvalue weighted by Gasteiger charge is 1.98. The molecule has 0 spiro atoms. The van der Waals surface area contributed by atoms with Crippen molar-refractivity contribution in [1.29, 1.82) is 0 Å². The number of benzene rings is 1. The average molecular weight is 209 g/mol. The van der Waals surface area contributed by atoms with E-state index in [0.29, 0.717) is 13.4 Å². The van der Waals surface area contributed by atoms with Gasteiger partial charge in [0.25, 0.3) is 0 Å². The lowest BCUT2D eigenvalue weighted by atomic mass is 10.3. The monoisotopic (exact) mass is 209 g/mol. The highest BCUT2D eigenvalue weighted by Crippen LogP contribution is 2.23. The molecule has 0 aliphatic heterocycles. The van der Waals surface area contributed by atoms with E-state index in [0.717, 1.165) is 16.0 Å². The summed E-state index contributed by atoms with van der Waals surface area (Å²) < 4.78 is 11.6. The Hall–Kier alpha value is -1.13. The van der Waals surface area contributed by atoms with Crippen LogP contribution in [0.1, 0.15) is 6.92 Å². The number of nitrogens with zero attached hydrogens (tertiary/aromatic N) is 1. The molecule has 0 aliphatic carbocycles. The Labute approximate surface area is 86.3 Å². The maximum atomic E-state index is 5.38. The average Bonchev–Trinajstić information content (AvgIpc) is 2.65. The molecule has 4 heteroatoms. The largest absolute Gasteiger partial charge is 0.468 e. The van der Waals surface area contributed by atoms with E-state index in [1.807, 2.05) is 30.6 Å². The zero-order valence-corrected chi connectivity index (χ0v) is 8.71. The first-order chi connectivity index (χ1) is 6.90. The second kappa shape index (κ2) is 4.39. The van der Waals surface area contributed by atoms with Crippen molar-refractivity contribution < 1.29 is 9.47 Å². The lowest BCUT2D eigenvalue weighted by Crippen LogP contribution is -2.01. The van der Waals surface area contributed by atoms with E-state index in [1.54, 1.807) is 11.3 Å². The van der Waals surface area contributed by atoms with Crippen LogP contribution in [0.15, 0.2) is 23.7 Å².